The monoisotopic (exact) mass is 407 g/mol. The quantitative estimate of drug-likeness (QED) is 0.608. The molecule has 0 aliphatic carbocycles. The average molecular weight is 408 g/mol. The van der Waals surface area contributed by atoms with Gasteiger partial charge in [0.25, 0.3) is 0 Å². The van der Waals surface area contributed by atoms with Gasteiger partial charge in [-0.2, -0.15) is 0 Å². The van der Waals surface area contributed by atoms with Crippen molar-refractivity contribution in [1.29, 1.82) is 0 Å². The zero-order valence-electron chi connectivity index (χ0n) is 16.8. The van der Waals surface area contributed by atoms with Gasteiger partial charge in [-0.15, -0.1) is 10.2 Å². The molecule has 0 bridgehead atoms. The second-order valence-electron chi connectivity index (χ2n) is 7.23. The fourth-order valence-electron chi connectivity index (χ4n) is 3.55. The third-order valence-corrected chi connectivity index (χ3v) is 6.19. The van der Waals surface area contributed by atoms with Gasteiger partial charge in [0.2, 0.25) is 5.91 Å². The number of hydrogen-bond donors (Lipinski definition) is 0. The van der Waals surface area contributed by atoms with E-state index in [9.17, 15) is 4.79 Å². The van der Waals surface area contributed by atoms with Gasteiger partial charge in [0, 0.05) is 44.5 Å². The number of thioether (sulfide) groups is 1. The Hall–Kier alpha value is -2.80. The molecule has 3 aromatic rings. The minimum absolute atomic E-state index is 0.155. The summed E-state index contributed by atoms with van der Waals surface area (Å²) < 4.78 is 1.96. The van der Waals surface area contributed by atoms with Crippen molar-refractivity contribution in [3.05, 3.63) is 60.2 Å². The maximum absolute atomic E-state index is 12.7. The Morgan fingerprint density at radius 1 is 1.00 bits per heavy atom. The van der Waals surface area contributed by atoms with E-state index in [0.29, 0.717) is 5.75 Å². The number of aromatic nitrogens is 3. The first-order valence-corrected chi connectivity index (χ1v) is 10.8. The first-order valence-electron chi connectivity index (χ1n) is 9.79. The SMILES string of the molecule is Cc1cccc(-c2nnc(SCC(=O)N3CCN(c4ccccc4)CC3)n2C)c1. The van der Waals surface area contributed by atoms with E-state index in [4.69, 9.17) is 0 Å². The third kappa shape index (κ3) is 4.45. The molecule has 1 aliphatic rings. The molecule has 1 aromatic heterocycles. The molecule has 2 aromatic carbocycles. The number of nitrogens with zero attached hydrogens (tertiary/aromatic N) is 5. The second kappa shape index (κ2) is 8.69. The van der Waals surface area contributed by atoms with Crippen LogP contribution in [0.5, 0.6) is 0 Å². The molecule has 6 nitrogen and oxygen atoms in total. The third-order valence-electron chi connectivity index (χ3n) is 5.19. The van der Waals surface area contributed by atoms with Crippen LogP contribution < -0.4 is 4.90 Å². The largest absolute Gasteiger partial charge is 0.368 e. The second-order valence-corrected chi connectivity index (χ2v) is 8.17. The first-order chi connectivity index (χ1) is 14.1. The molecule has 1 amide bonds. The standard InChI is InChI=1S/C22H25N5OS/c1-17-7-6-8-18(15-17)21-23-24-22(25(21)2)29-16-20(28)27-13-11-26(12-14-27)19-9-4-3-5-10-19/h3-10,15H,11-14,16H2,1-2H3. The van der Waals surface area contributed by atoms with Crippen LogP contribution in [0.3, 0.4) is 0 Å². The summed E-state index contributed by atoms with van der Waals surface area (Å²) in [6, 6.07) is 18.6. The number of para-hydroxylation sites is 1. The number of piperazine rings is 1. The molecule has 2 heterocycles. The number of anilines is 1. The lowest BCUT2D eigenvalue weighted by atomic mass is 10.1. The summed E-state index contributed by atoms with van der Waals surface area (Å²) in [6.45, 7) is 5.29. The van der Waals surface area contributed by atoms with Crippen LogP contribution in [0.25, 0.3) is 11.4 Å². The van der Waals surface area contributed by atoms with Gasteiger partial charge in [0.1, 0.15) is 0 Å². The fraction of sp³-hybridized carbons (Fsp3) is 0.318. The molecule has 0 radical (unpaired) electrons. The summed E-state index contributed by atoms with van der Waals surface area (Å²) in [4.78, 5) is 17.0. The number of aryl methyl sites for hydroxylation is 1. The predicted octanol–water partition coefficient (Wildman–Crippen LogP) is 3.23. The van der Waals surface area contributed by atoms with Gasteiger partial charge in [-0.25, -0.2) is 0 Å². The molecule has 0 N–H and O–H groups in total. The molecule has 1 fully saturated rings. The van der Waals surface area contributed by atoms with Crippen molar-refractivity contribution in [1.82, 2.24) is 19.7 Å². The van der Waals surface area contributed by atoms with E-state index in [1.54, 1.807) is 0 Å². The Balaban J connectivity index is 1.33. The van der Waals surface area contributed by atoms with E-state index in [0.717, 1.165) is 42.7 Å². The summed E-state index contributed by atoms with van der Waals surface area (Å²) in [5.41, 5.74) is 3.44. The summed E-state index contributed by atoms with van der Waals surface area (Å²) >= 11 is 1.45. The maximum atomic E-state index is 12.7. The lowest BCUT2D eigenvalue weighted by Gasteiger charge is -2.36. The first kappa shape index (κ1) is 19.5. The van der Waals surface area contributed by atoms with Crippen molar-refractivity contribution in [3.8, 4) is 11.4 Å². The zero-order valence-corrected chi connectivity index (χ0v) is 17.6. The van der Waals surface area contributed by atoms with E-state index in [1.807, 2.05) is 34.7 Å². The molecular weight excluding hydrogens is 382 g/mol. The van der Waals surface area contributed by atoms with E-state index in [2.05, 4.69) is 58.4 Å². The van der Waals surface area contributed by atoms with Gasteiger partial charge in [-0.1, -0.05) is 53.7 Å². The van der Waals surface area contributed by atoms with Crippen LogP contribution in [0.15, 0.2) is 59.8 Å². The highest BCUT2D eigenvalue weighted by Crippen LogP contribution is 2.24. The van der Waals surface area contributed by atoms with Gasteiger partial charge < -0.3 is 14.4 Å². The zero-order chi connectivity index (χ0) is 20.2. The van der Waals surface area contributed by atoms with Crippen LogP contribution in [0.1, 0.15) is 5.56 Å². The molecule has 0 spiro atoms. The average Bonchev–Trinajstić information content (AvgIpc) is 3.13. The lowest BCUT2D eigenvalue weighted by Crippen LogP contribution is -2.49. The fourth-order valence-corrected chi connectivity index (χ4v) is 4.36. The smallest absolute Gasteiger partial charge is 0.233 e. The predicted molar refractivity (Wildman–Crippen MR) is 117 cm³/mol. The van der Waals surface area contributed by atoms with Gasteiger partial charge in [0.05, 0.1) is 5.75 Å². The topological polar surface area (TPSA) is 54.3 Å². The summed E-state index contributed by atoms with van der Waals surface area (Å²) in [5.74, 6) is 1.36. The van der Waals surface area contributed by atoms with Crippen LogP contribution in [0, 0.1) is 6.92 Å². The number of carbonyl (C=O) groups excluding carboxylic acids is 1. The van der Waals surface area contributed by atoms with Crippen molar-refractivity contribution in [2.45, 2.75) is 12.1 Å². The molecule has 1 aliphatic heterocycles. The molecule has 0 saturated carbocycles. The summed E-state index contributed by atoms with van der Waals surface area (Å²) in [7, 11) is 1.95. The van der Waals surface area contributed by atoms with E-state index in [-0.39, 0.29) is 5.91 Å². The number of benzene rings is 2. The van der Waals surface area contributed by atoms with Crippen molar-refractivity contribution in [2.75, 3.05) is 36.8 Å². The molecule has 29 heavy (non-hydrogen) atoms. The molecule has 1 saturated heterocycles. The number of amides is 1. The van der Waals surface area contributed by atoms with Gasteiger partial charge in [-0.3, -0.25) is 4.79 Å². The maximum Gasteiger partial charge on any atom is 0.233 e. The van der Waals surface area contributed by atoms with Crippen LogP contribution in [-0.2, 0) is 11.8 Å². The van der Waals surface area contributed by atoms with Gasteiger partial charge in [0.15, 0.2) is 11.0 Å². The molecule has 7 heteroatoms. The Morgan fingerprint density at radius 2 is 1.76 bits per heavy atom. The minimum atomic E-state index is 0.155. The van der Waals surface area contributed by atoms with Crippen molar-refractivity contribution < 1.29 is 4.79 Å². The van der Waals surface area contributed by atoms with Gasteiger partial charge in [-0.05, 0) is 25.1 Å². The Kier molecular flexibility index (Phi) is 5.85. The van der Waals surface area contributed by atoms with Crippen LogP contribution in [0.2, 0.25) is 0 Å². The molecule has 0 atom stereocenters. The highest BCUT2D eigenvalue weighted by atomic mass is 32.2. The van der Waals surface area contributed by atoms with Crippen LogP contribution >= 0.6 is 11.8 Å². The van der Waals surface area contributed by atoms with E-state index < -0.39 is 0 Å². The minimum Gasteiger partial charge on any atom is -0.368 e. The Labute approximate surface area is 175 Å². The highest BCUT2D eigenvalue weighted by Gasteiger charge is 2.22. The molecule has 150 valence electrons. The van der Waals surface area contributed by atoms with Crippen LogP contribution in [-0.4, -0.2) is 57.5 Å². The Morgan fingerprint density at radius 3 is 2.48 bits per heavy atom. The number of hydrogen-bond acceptors (Lipinski definition) is 5. The van der Waals surface area contributed by atoms with E-state index in [1.165, 1.54) is 23.0 Å². The Bertz CT molecular complexity index is 980. The summed E-state index contributed by atoms with van der Waals surface area (Å²) in [5, 5.41) is 9.37. The lowest BCUT2D eigenvalue weighted by molar-refractivity contribution is -0.128. The van der Waals surface area contributed by atoms with Crippen LogP contribution in [0.4, 0.5) is 5.69 Å². The van der Waals surface area contributed by atoms with Crippen molar-refractivity contribution >= 4 is 23.4 Å². The summed E-state index contributed by atoms with van der Waals surface area (Å²) in [6.07, 6.45) is 0. The normalized spacial score (nSPS) is 14.3. The van der Waals surface area contributed by atoms with Gasteiger partial charge >= 0.3 is 0 Å². The highest BCUT2D eigenvalue weighted by molar-refractivity contribution is 7.99. The van der Waals surface area contributed by atoms with Crippen molar-refractivity contribution in [2.24, 2.45) is 7.05 Å². The molecule has 4 rings (SSSR count). The van der Waals surface area contributed by atoms with Crippen molar-refractivity contribution in [3.63, 3.8) is 0 Å². The molecule has 0 unspecified atom stereocenters. The number of rotatable bonds is 5. The molecular formula is C22H25N5OS. The number of carbonyl (C=O) groups is 1. The van der Waals surface area contributed by atoms with E-state index >= 15 is 0 Å².